The summed E-state index contributed by atoms with van der Waals surface area (Å²) in [5.74, 6) is 0.765. The summed E-state index contributed by atoms with van der Waals surface area (Å²) < 4.78 is 5.42. The van der Waals surface area contributed by atoms with E-state index in [1.54, 1.807) is 0 Å². The standard InChI is InChI=1S/C17H23N3O2/c1-11-16(12(2)22-19-11)17(10-20(3)4)14(9-21)13-7-5-6-8-15(13)18-17/h5-8,14,18,21H,9-10H2,1-4H3. The molecule has 2 N–H and O–H groups in total. The van der Waals surface area contributed by atoms with Crippen molar-refractivity contribution in [3.8, 4) is 0 Å². The van der Waals surface area contributed by atoms with E-state index >= 15 is 0 Å². The number of nitrogens with one attached hydrogen (secondary N) is 1. The number of hydrogen-bond donors (Lipinski definition) is 2. The summed E-state index contributed by atoms with van der Waals surface area (Å²) in [6.45, 7) is 4.71. The first kappa shape index (κ1) is 15.1. The molecule has 2 unspecified atom stereocenters. The predicted molar refractivity (Wildman–Crippen MR) is 86.1 cm³/mol. The van der Waals surface area contributed by atoms with E-state index in [0.29, 0.717) is 0 Å². The third kappa shape index (κ3) is 2.12. The van der Waals surface area contributed by atoms with Crippen molar-refractivity contribution in [1.82, 2.24) is 10.1 Å². The van der Waals surface area contributed by atoms with Crippen LogP contribution in [0.15, 0.2) is 28.8 Å². The lowest BCUT2D eigenvalue weighted by atomic mass is 9.76. The molecular weight excluding hydrogens is 278 g/mol. The molecule has 0 saturated heterocycles. The molecule has 1 aromatic heterocycles. The second-order valence-electron chi connectivity index (χ2n) is 6.36. The van der Waals surface area contributed by atoms with Gasteiger partial charge in [-0.05, 0) is 39.6 Å². The molecule has 1 aliphatic heterocycles. The second kappa shape index (κ2) is 5.41. The van der Waals surface area contributed by atoms with Crippen LogP contribution in [0.5, 0.6) is 0 Å². The summed E-state index contributed by atoms with van der Waals surface area (Å²) in [5, 5.41) is 17.9. The van der Waals surface area contributed by atoms with E-state index in [1.807, 2.05) is 40.1 Å². The Hall–Kier alpha value is -1.85. The van der Waals surface area contributed by atoms with Gasteiger partial charge in [0.2, 0.25) is 0 Å². The minimum Gasteiger partial charge on any atom is -0.396 e. The maximum absolute atomic E-state index is 10.1. The van der Waals surface area contributed by atoms with E-state index in [1.165, 1.54) is 0 Å². The van der Waals surface area contributed by atoms with Crippen LogP contribution in [0.2, 0.25) is 0 Å². The normalized spacial score (nSPS) is 23.6. The molecule has 0 radical (unpaired) electrons. The first-order valence-corrected chi connectivity index (χ1v) is 7.55. The fourth-order valence-corrected chi connectivity index (χ4v) is 3.85. The number of aliphatic hydroxyl groups excluding tert-OH is 1. The Labute approximate surface area is 130 Å². The smallest absolute Gasteiger partial charge is 0.139 e. The largest absolute Gasteiger partial charge is 0.396 e. The SMILES string of the molecule is Cc1noc(C)c1C1(CN(C)C)Nc2ccccc2C1CO. The van der Waals surface area contributed by atoms with Crippen LogP contribution in [0.3, 0.4) is 0 Å². The van der Waals surface area contributed by atoms with Gasteiger partial charge in [0.1, 0.15) is 5.76 Å². The van der Waals surface area contributed by atoms with Gasteiger partial charge in [0.15, 0.2) is 0 Å². The molecule has 1 aliphatic rings. The van der Waals surface area contributed by atoms with Crippen molar-refractivity contribution >= 4 is 5.69 Å². The Morgan fingerprint density at radius 3 is 2.64 bits per heavy atom. The van der Waals surface area contributed by atoms with Gasteiger partial charge in [-0.1, -0.05) is 23.4 Å². The maximum atomic E-state index is 10.1. The molecule has 2 heterocycles. The lowest BCUT2D eigenvalue weighted by Crippen LogP contribution is -2.47. The van der Waals surface area contributed by atoms with E-state index in [0.717, 1.165) is 34.8 Å². The first-order valence-electron chi connectivity index (χ1n) is 7.55. The Morgan fingerprint density at radius 1 is 1.32 bits per heavy atom. The summed E-state index contributed by atoms with van der Waals surface area (Å²) in [5.41, 5.74) is 3.71. The molecule has 0 bridgehead atoms. The zero-order chi connectivity index (χ0) is 15.9. The van der Waals surface area contributed by atoms with Crippen LogP contribution in [0.1, 0.15) is 28.5 Å². The van der Waals surface area contributed by atoms with Gasteiger partial charge in [-0.15, -0.1) is 0 Å². The van der Waals surface area contributed by atoms with Crippen LogP contribution in [-0.4, -0.2) is 42.4 Å². The number of aryl methyl sites for hydroxylation is 2. The molecule has 0 spiro atoms. The highest BCUT2D eigenvalue weighted by molar-refractivity contribution is 5.64. The van der Waals surface area contributed by atoms with Crippen molar-refractivity contribution < 1.29 is 9.63 Å². The van der Waals surface area contributed by atoms with Crippen LogP contribution in [0, 0.1) is 13.8 Å². The summed E-state index contributed by atoms with van der Waals surface area (Å²) in [7, 11) is 4.08. The fraction of sp³-hybridized carbons (Fsp3) is 0.471. The highest BCUT2D eigenvalue weighted by atomic mass is 16.5. The van der Waals surface area contributed by atoms with Gasteiger partial charge in [0, 0.05) is 23.7 Å². The lowest BCUT2D eigenvalue weighted by molar-refractivity contribution is 0.192. The van der Waals surface area contributed by atoms with Crippen LogP contribution < -0.4 is 5.32 Å². The molecule has 0 saturated carbocycles. The zero-order valence-corrected chi connectivity index (χ0v) is 13.6. The fourth-order valence-electron chi connectivity index (χ4n) is 3.85. The van der Waals surface area contributed by atoms with E-state index in [2.05, 4.69) is 27.5 Å². The van der Waals surface area contributed by atoms with Gasteiger partial charge in [-0.25, -0.2) is 0 Å². The van der Waals surface area contributed by atoms with Crippen LogP contribution >= 0.6 is 0 Å². The van der Waals surface area contributed by atoms with Crippen molar-refractivity contribution in [1.29, 1.82) is 0 Å². The molecular formula is C17H23N3O2. The minimum atomic E-state index is -0.434. The van der Waals surface area contributed by atoms with Gasteiger partial charge < -0.3 is 19.8 Å². The minimum absolute atomic E-state index is 0.0390. The Balaban J connectivity index is 2.21. The predicted octanol–water partition coefficient (Wildman–Crippen LogP) is 2.25. The van der Waals surface area contributed by atoms with Crippen LogP contribution in [-0.2, 0) is 5.54 Å². The Kier molecular flexibility index (Phi) is 3.70. The van der Waals surface area contributed by atoms with Gasteiger partial charge in [0.25, 0.3) is 0 Å². The number of nitrogens with zero attached hydrogens (tertiary/aromatic N) is 2. The molecule has 3 rings (SSSR count). The van der Waals surface area contributed by atoms with Crippen molar-refractivity contribution in [3.63, 3.8) is 0 Å². The van der Waals surface area contributed by atoms with E-state index in [9.17, 15) is 5.11 Å². The van der Waals surface area contributed by atoms with Gasteiger partial charge in [-0.2, -0.15) is 0 Å². The number of likely N-dealkylation sites (N-methyl/N-ethyl adjacent to an activating group) is 1. The maximum Gasteiger partial charge on any atom is 0.139 e. The topological polar surface area (TPSA) is 61.5 Å². The Bertz CT molecular complexity index is 661. The number of aromatic nitrogens is 1. The molecule has 118 valence electrons. The summed E-state index contributed by atoms with van der Waals surface area (Å²) in [6, 6.07) is 8.17. The quantitative estimate of drug-likeness (QED) is 0.907. The number of hydrogen-bond acceptors (Lipinski definition) is 5. The zero-order valence-electron chi connectivity index (χ0n) is 13.6. The molecule has 2 atom stereocenters. The highest BCUT2D eigenvalue weighted by Gasteiger charge is 2.50. The number of aliphatic hydroxyl groups is 1. The monoisotopic (exact) mass is 301 g/mol. The molecule has 2 aromatic rings. The van der Waals surface area contributed by atoms with E-state index < -0.39 is 5.54 Å². The van der Waals surface area contributed by atoms with Gasteiger partial charge in [-0.3, -0.25) is 0 Å². The average Bonchev–Trinajstić information content (AvgIpc) is 2.95. The van der Waals surface area contributed by atoms with Crippen molar-refractivity contribution in [2.75, 3.05) is 32.6 Å². The van der Waals surface area contributed by atoms with E-state index in [-0.39, 0.29) is 12.5 Å². The van der Waals surface area contributed by atoms with Crippen LogP contribution in [0.25, 0.3) is 0 Å². The molecule has 0 aliphatic carbocycles. The van der Waals surface area contributed by atoms with Crippen molar-refractivity contribution in [3.05, 3.63) is 46.8 Å². The number of benzene rings is 1. The average molecular weight is 301 g/mol. The number of rotatable bonds is 4. The number of anilines is 1. The third-order valence-electron chi connectivity index (χ3n) is 4.52. The summed E-state index contributed by atoms with van der Waals surface area (Å²) in [6.07, 6.45) is 0. The number of para-hydroxylation sites is 1. The summed E-state index contributed by atoms with van der Waals surface area (Å²) in [4.78, 5) is 2.13. The second-order valence-corrected chi connectivity index (χ2v) is 6.36. The molecule has 1 aromatic carbocycles. The molecule has 22 heavy (non-hydrogen) atoms. The van der Waals surface area contributed by atoms with Crippen molar-refractivity contribution in [2.24, 2.45) is 0 Å². The number of fused-ring (bicyclic) bond motifs is 1. The molecule has 0 fully saturated rings. The first-order chi connectivity index (χ1) is 10.5. The van der Waals surface area contributed by atoms with Gasteiger partial charge >= 0.3 is 0 Å². The van der Waals surface area contributed by atoms with Crippen molar-refractivity contribution in [2.45, 2.75) is 25.3 Å². The Morgan fingerprint density at radius 2 is 2.05 bits per heavy atom. The molecule has 5 nitrogen and oxygen atoms in total. The molecule has 0 amide bonds. The van der Waals surface area contributed by atoms with E-state index in [4.69, 9.17) is 4.52 Å². The lowest BCUT2D eigenvalue weighted by Gasteiger charge is -2.38. The summed E-state index contributed by atoms with van der Waals surface area (Å²) >= 11 is 0. The van der Waals surface area contributed by atoms with Gasteiger partial charge in [0.05, 0.1) is 17.8 Å². The highest BCUT2D eigenvalue weighted by Crippen LogP contribution is 2.50. The molecule has 5 heteroatoms. The van der Waals surface area contributed by atoms with Crippen LogP contribution in [0.4, 0.5) is 5.69 Å². The third-order valence-corrected chi connectivity index (χ3v) is 4.52.